The van der Waals surface area contributed by atoms with E-state index < -0.39 is 42.5 Å². The molecule has 162 valence electrons. The lowest BCUT2D eigenvalue weighted by molar-refractivity contribution is 0.201. The number of halogens is 2. The average molecular weight is 457 g/mol. The highest BCUT2D eigenvalue weighted by atomic mass is 32.2. The molecule has 2 heterocycles. The monoisotopic (exact) mass is 456 g/mol. The van der Waals surface area contributed by atoms with Crippen molar-refractivity contribution in [1.29, 1.82) is 0 Å². The summed E-state index contributed by atoms with van der Waals surface area (Å²) >= 11 is 0. The molecule has 0 bridgehead atoms. The van der Waals surface area contributed by atoms with Crippen molar-refractivity contribution >= 4 is 25.4 Å². The van der Waals surface area contributed by atoms with E-state index in [1.165, 1.54) is 18.2 Å². The molecule has 0 radical (unpaired) electrons. The van der Waals surface area contributed by atoms with Crippen molar-refractivity contribution in [2.24, 2.45) is 0 Å². The summed E-state index contributed by atoms with van der Waals surface area (Å²) < 4.78 is 78.3. The Labute approximate surface area is 174 Å². The minimum absolute atomic E-state index is 0.0824. The fourth-order valence-corrected chi connectivity index (χ4v) is 9.07. The van der Waals surface area contributed by atoms with Gasteiger partial charge in [-0.3, -0.25) is 4.90 Å². The van der Waals surface area contributed by atoms with Crippen molar-refractivity contribution in [1.82, 2.24) is 4.90 Å². The van der Waals surface area contributed by atoms with Crippen LogP contribution >= 0.6 is 0 Å². The molecule has 0 aliphatic carbocycles. The Balaban J connectivity index is 1.55. The number of nitrogens with zero attached hydrogens (tertiary/aromatic N) is 2. The van der Waals surface area contributed by atoms with Gasteiger partial charge in [-0.2, -0.15) is 0 Å². The third-order valence-corrected chi connectivity index (χ3v) is 9.92. The summed E-state index contributed by atoms with van der Waals surface area (Å²) in [6.45, 7) is 1.76. The lowest BCUT2D eigenvalue weighted by atomic mass is 10.1. The van der Waals surface area contributed by atoms with E-state index in [9.17, 15) is 25.6 Å². The number of anilines is 1. The number of sulfone groups is 2. The lowest BCUT2D eigenvalue weighted by Crippen LogP contribution is -2.55. The number of hydrogen-bond acceptors (Lipinski definition) is 6. The fourth-order valence-electron chi connectivity index (χ4n) is 4.24. The first-order valence-electron chi connectivity index (χ1n) is 9.61. The maximum atomic E-state index is 14.1. The van der Waals surface area contributed by atoms with Crippen LogP contribution in [0.5, 0.6) is 0 Å². The SMILES string of the molecule is O=S1(=O)CC(N2CCN(c3ccccc3F)CC2)C(S(=O)(=O)c2ccc(F)cc2)C1. The summed E-state index contributed by atoms with van der Waals surface area (Å²) in [6.07, 6.45) is 0. The third kappa shape index (κ3) is 4.08. The molecule has 2 aliphatic rings. The maximum Gasteiger partial charge on any atom is 0.183 e. The molecule has 4 rings (SSSR count). The molecule has 0 spiro atoms. The first-order chi connectivity index (χ1) is 14.2. The van der Waals surface area contributed by atoms with Gasteiger partial charge in [-0.15, -0.1) is 0 Å². The van der Waals surface area contributed by atoms with Gasteiger partial charge in [0.1, 0.15) is 11.6 Å². The molecule has 2 fully saturated rings. The highest BCUT2D eigenvalue weighted by Gasteiger charge is 2.48. The molecular formula is C20H22F2N2O4S2. The van der Waals surface area contributed by atoms with Gasteiger partial charge in [-0.1, -0.05) is 12.1 Å². The second-order valence-electron chi connectivity index (χ2n) is 7.66. The smallest absolute Gasteiger partial charge is 0.183 e. The molecule has 2 unspecified atom stereocenters. The van der Waals surface area contributed by atoms with E-state index in [-0.39, 0.29) is 16.5 Å². The second-order valence-corrected chi connectivity index (χ2v) is 12.0. The first-order valence-corrected chi connectivity index (χ1v) is 13.0. The normalized spacial score (nSPS) is 24.8. The number of rotatable bonds is 4. The predicted octanol–water partition coefficient (Wildman–Crippen LogP) is 1.73. The van der Waals surface area contributed by atoms with E-state index in [2.05, 4.69) is 0 Å². The minimum Gasteiger partial charge on any atom is -0.367 e. The molecule has 2 aliphatic heterocycles. The Morgan fingerprint density at radius 2 is 1.50 bits per heavy atom. The van der Waals surface area contributed by atoms with Crippen LogP contribution in [0.15, 0.2) is 53.4 Å². The van der Waals surface area contributed by atoms with Crippen LogP contribution in [0.4, 0.5) is 14.5 Å². The topological polar surface area (TPSA) is 74.8 Å². The van der Waals surface area contributed by atoms with Gasteiger partial charge in [-0.05, 0) is 36.4 Å². The van der Waals surface area contributed by atoms with Crippen LogP contribution in [0.3, 0.4) is 0 Å². The zero-order chi connectivity index (χ0) is 21.5. The van der Waals surface area contributed by atoms with E-state index >= 15 is 0 Å². The zero-order valence-electron chi connectivity index (χ0n) is 16.1. The molecule has 0 aromatic heterocycles. The summed E-state index contributed by atoms with van der Waals surface area (Å²) in [5.74, 6) is -1.58. The second kappa shape index (κ2) is 7.90. The van der Waals surface area contributed by atoms with E-state index in [1.54, 1.807) is 18.2 Å². The molecule has 10 heteroatoms. The highest BCUT2D eigenvalue weighted by molar-refractivity contribution is 7.96. The van der Waals surface area contributed by atoms with Crippen LogP contribution in [-0.4, -0.2) is 70.7 Å². The van der Waals surface area contributed by atoms with Crippen molar-refractivity contribution in [2.45, 2.75) is 16.2 Å². The molecule has 2 saturated heterocycles. The van der Waals surface area contributed by atoms with Crippen LogP contribution in [0.1, 0.15) is 0 Å². The molecule has 0 N–H and O–H groups in total. The Morgan fingerprint density at radius 1 is 0.867 bits per heavy atom. The summed E-state index contributed by atoms with van der Waals surface area (Å²) in [5.41, 5.74) is 0.478. The van der Waals surface area contributed by atoms with Crippen LogP contribution in [0.2, 0.25) is 0 Å². The van der Waals surface area contributed by atoms with Gasteiger partial charge < -0.3 is 4.90 Å². The lowest BCUT2D eigenvalue weighted by Gasteiger charge is -2.40. The van der Waals surface area contributed by atoms with Crippen molar-refractivity contribution in [2.75, 3.05) is 42.6 Å². The predicted molar refractivity (Wildman–Crippen MR) is 110 cm³/mol. The molecule has 0 amide bonds. The number of benzene rings is 2. The molecule has 6 nitrogen and oxygen atoms in total. The molecule has 30 heavy (non-hydrogen) atoms. The summed E-state index contributed by atoms with van der Waals surface area (Å²) in [4.78, 5) is 3.66. The number of piperazine rings is 1. The zero-order valence-corrected chi connectivity index (χ0v) is 17.7. The molecule has 2 aromatic carbocycles. The Bertz CT molecular complexity index is 1130. The maximum absolute atomic E-state index is 14.1. The molecular weight excluding hydrogens is 434 g/mol. The third-order valence-electron chi connectivity index (χ3n) is 5.79. The minimum atomic E-state index is -3.96. The van der Waals surface area contributed by atoms with Gasteiger partial charge in [0.05, 0.1) is 27.3 Å². The van der Waals surface area contributed by atoms with E-state index in [0.717, 1.165) is 12.1 Å². The Morgan fingerprint density at radius 3 is 2.13 bits per heavy atom. The quantitative estimate of drug-likeness (QED) is 0.653. The standard InChI is InChI=1S/C20H22F2N2O4S2/c21-15-5-7-16(8-6-15)30(27,28)20-14-29(25,26)13-19(20)24-11-9-23(10-12-24)18-4-2-1-3-17(18)22/h1-8,19-20H,9-14H2. The van der Waals surface area contributed by atoms with Gasteiger partial charge >= 0.3 is 0 Å². The van der Waals surface area contributed by atoms with Crippen LogP contribution in [0, 0.1) is 11.6 Å². The number of hydrogen-bond donors (Lipinski definition) is 0. The van der Waals surface area contributed by atoms with Gasteiger partial charge in [0.15, 0.2) is 19.7 Å². The molecule has 2 atom stereocenters. The van der Waals surface area contributed by atoms with Gasteiger partial charge in [-0.25, -0.2) is 25.6 Å². The van der Waals surface area contributed by atoms with E-state index in [1.807, 2.05) is 9.80 Å². The van der Waals surface area contributed by atoms with Gasteiger partial charge in [0.25, 0.3) is 0 Å². The average Bonchev–Trinajstić information content (AvgIpc) is 3.05. The van der Waals surface area contributed by atoms with Crippen LogP contribution in [-0.2, 0) is 19.7 Å². The van der Waals surface area contributed by atoms with Gasteiger partial charge in [0, 0.05) is 32.2 Å². The largest absolute Gasteiger partial charge is 0.367 e. The van der Waals surface area contributed by atoms with E-state index in [0.29, 0.717) is 31.9 Å². The summed E-state index contributed by atoms with van der Waals surface area (Å²) in [6, 6.07) is 10.2. The van der Waals surface area contributed by atoms with Gasteiger partial charge in [0.2, 0.25) is 0 Å². The van der Waals surface area contributed by atoms with Crippen LogP contribution in [0.25, 0.3) is 0 Å². The van der Waals surface area contributed by atoms with Crippen molar-refractivity contribution in [3.05, 3.63) is 60.2 Å². The first kappa shape index (κ1) is 21.2. The van der Waals surface area contributed by atoms with Crippen molar-refractivity contribution < 1.29 is 25.6 Å². The summed E-state index contributed by atoms with van der Waals surface area (Å²) in [5, 5.41) is -1.12. The molecule has 2 aromatic rings. The Kier molecular flexibility index (Phi) is 5.58. The molecule has 0 saturated carbocycles. The van der Waals surface area contributed by atoms with E-state index in [4.69, 9.17) is 0 Å². The highest BCUT2D eigenvalue weighted by Crippen LogP contribution is 2.30. The Hall–Kier alpha value is -2.04. The van der Waals surface area contributed by atoms with Crippen molar-refractivity contribution in [3.63, 3.8) is 0 Å². The fraction of sp³-hybridized carbons (Fsp3) is 0.400. The number of para-hydroxylation sites is 1. The summed E-state index contributed by atoms with van der Waals surface area (Å²) in [7, 11) is -7.49. The van der Waals surface area contributed by atoms with Crippen LogP contribution < -0.4 is 4.90 Å². The van der Waals surface area contributed by atoms with Crippen molar-refractivity contribution in [3.8, 4) is 0 Å².